The largest absolute Gasteiger partial charge is 0.472 e. The Morgan fingerprint density at radius 1 is 1.14 bits per heavy atom. The van der Waals surface area contributed by atoms with E-state index < -0.39 is 16.2 Å². The lowest BCUT2D eigenvalue weighted by Gasteiger charge is -2.36. The summed E-state index contributed by atoms with van der Waals surface area (Å²) in [6.45, 7) is 1.57. The number of fused-ring (bicyclic) bond motifs is 1. The van der Waals surface area contributed by atoms with Crippen LogP contribution in [-0.2, 0) is 7.05 Å². The number of aryl methyl sites for hydroxylation is 1. The van der Waals surface area contributed by atoms with E-state index in [2.05, 4.69) is 0 Å². The molecule has 0 atom stereocenters. The van der Waals surface area contributed by atoms with Crippen LogP contribution in [0.4, 0.5) is 11.4 Å². The maximum atomic E-state index is 12.6. The summed E-state index contributed by atoms with van der Waals surface area (Å²) in [5.74, 6) is -0.142. The number of nitro groups is 1. The molecule has 0 bridgehead atoms. The van der Waals surface area contributed by atoms with Gasteiger partial charge in [-0.1, -0.05) is 18.2 Å². The van der Waals surface area contributed by atoms with Gasteiger partial charge in [-0.25, -0.2) is 0 Å². The van der Waals surface area contributed by atoms with Gasteiger partial charge in [0.05, 0.1) is 22.3 Å². The monoisotopic (exact) mass is 382 g/mol. The zero-order chi connectivity index (χ0) is 19.8. The van der Waals surface area contributed by atoms with Crippen LogP contribution in [0.5, 0.6) is 0 Å². The highest BCUT2D eigenvalue weighted by Gasteiger charge is 2.31. The Morgan fingerprint density at radius 3 is 2.50 bits per heavy atom. The van der Waals surface area contributed by atoms with E-state index in [-0.39, 0.29) is 5.91 Å². The number of rotatable bonds is 3. The van der Waals surface area contributed by atoms with Gasteiger partial charge in [0.25, 0.3) is 5.91 Å². The summed E-state index contributed by atoms with van der Waals surface area (Å²) in [6, 6.07) is 8.73. The number of anilines is 1. The topological polar surface area (TPSA) is 102 Å². The average molecular weight is 382 g/mol. The molecule has 0 spiro atoms. The molecule has 4 rings (SSSR count). The van der Waals surface area contributed by atoms with Gasteiger partial charge in [-0.2, -0.15) is 0 Å². The predicted molar refractivity (Wildman–Crippen MR) is 103 cm³/mol. The molecule has 0 saturated carbocycles. The zero-order valence-electron chi connectivity index (χ0n) is 15.2. The maximum Gasteiger partial charge on any atom is 0.357 e. The normalized spacial score (nSPS) is 14.5. The third kappa shape index (κ3) is 2.81. The third-order valence-corrected chi connectivity index (χ3v) is 5.09. The number of benzene rings is 1. The molecule has 9 heteroatoms. The van der Waals surface area contributed by atoms with Crippen LogP contribution >= 0.6 is 0 Å². The minimum Gasteiger partial charge on any atom is -0.472 e. The molecular formula is C19H18N4O5. The van der Waals surface area contributed by atoms with Crippen molar-refractivity contribution in [3.05, 3.63) is 68.9 Å². The second-order valence-electron chi connectivity index (χ2n) is 6.63. The van der Waals surface area contributed by atoms with Gasteiger partial charge in [0.2, 0.25) is 0 Å². The predicted octanol–water partition coefficient (Wildman–Crippen LogP) is 2.00. The van der Waals surface area contributed by atoms with E-state index in [1.54, 1.807) is 35.2 Å². The van der Waals surface area contributed by atoms with Crippen LogP contribution < -0.4 is 10.5 Å². The molecule has 3 heterocycles. The molecule has 9 nitrogen and oxygen atoms in total. The number of pyridine rings is 1. The Hall–Kier alpha value is -3.62. The highest BCUT2D eigenvalue weighted by Crippen LogP contribution is 2.33. The van der Waals surface area contributed by atoms with Gasteiger partial charge in [-0.15, -0.1) is 0 Å². The van der Waals surface area contributed by atoms with Gasteiger partial charge in [0, 0.05) is 38.6 Å². The van der Waals surface area contributed by atoms with E-state index in [1.165, 1.54) is 24.1 Å². The second-order valence-corrected chi connectivity index (χ2v) is 6.63. The first-order valence-electron chi connectivity index (χ1n) is 8.81. The number of carbonyl (C=O) groups is 1. The fourth-order valence-corrected chi connectivity index (χ4v) is 3.65. The lowest BCUT2D eigenvalue weighted by atomic mass is 10.1. The molecule has 0 aliphatic carbocycles. The van der Waals surface area contributed by atoms with Crippen molar-refractivity contribution >= 4 is 28.2 Å². The Kier molecular flexibility index (Phi) is 4.34. The van der Waals surface area contributed by atoms with Gasteiger partial charge < -0.3 is 18.8 Å². The molecule has 2 aromatic heterocycles. The summed E-state index contributed by atoms with van der Waals surface area (Å²) in [4.78, 5) is 39.7. The number of para-hydroxylation sites is 1. The van der Waals surface area contributed by atoms with Crippen molar-refractivity contribution in [2.45, 2.75) is 0 Å². The van der Waals surface area contributed by atoms with Gasteiger partial charge in [-0.05, 0) is 12.1 Å². The van der Waals surface area contributed by atoms with E-state index in [0.29, 0.717) is 48.3 Å². The number of carbonyl (C=O) groups excluding carboxylic acids is 1. The molecule has 1 saturated heterocycles. The lowest BCUT2D eigenvalue weighted by molar-refractivity contribution is -0.385. The number of amides is 1. The Labute approximate surface area is 159 Å². The highest BCUT2D eigenvalue weighted by atomic mass is 16.6. The van der Waals surface area contributed by atoms with Crippen LogP contribution in [0.15, 0.2) is 52.1 Å². The number of hydrogen-bond donors (Lipinski definition) is 0. The smallest absolute Gasteiger partial charge is 0.357 e. The summed E-state index contributed by atoms with van der Waals surface area (Å²) < 4.78 is 6.26. The van der Waals surface area contributed by atoms with Crippen LogP contribution in [0.25, 0.3) is 10.9 Å². The van der Waals surface area contributed by atoms with E-state index in [4.69, 9.17) is 4.42 Å². The zero-order valence-corrected chi connectivity index (χ0v) is 15.2. The van der Waals surface area contributed by atoms with Gasteiger partial charge in [-0.3, -0.25) is 19.7 Å². The Bertz CT molecular complexity index is 1110. The molecule has 1 aliphatic heterocycles. The van der Waals surface area contributed by atoms with Gasteiger partial charge in [0.1, 0.15) is 12.0 Å². The minimum absolute atomic E-state index is 0.142. The summed E-state index contributed by atoms with van der Waals surface area (Å²) in [5, 5.41) is 12.3. The third-order valence-electron chi connectivity index (χ3n) is 5.09. The molecule has 28 heavy (non-hydrogen) atoms. The molecule has 1 aromatic carbocycles. The average Bonchev–Trinajstić information content (AvgIpc) is 3.25. The first-order chi connectivity index (χ1) is 13.5. The molecule has 0 radical (unpaired) electrons. The summed E-state index contributed by atoms with van der Waals surface area (Å²) in [7, 11) is 1.53. The van der Waals surface area contributed by atoms with Gasteiger partial charge >= 0.3 is 11.2 Å². The Balaban J connectivity index is 1.71. The van der Waals surface area contributed by atoms with E-state index >= 15 is 0 Å². The van der Waals surface area contributed by atoms with E-state index in [1.807, 2.05) is 4.90 Å². The first-order valence-corrected chi connectivity index (χ1v) is 8.81. The van der Waals surface area contributed by atoms with Crippen molar-refractivity contribution in [1.82, 2.24) is 9.47 Å². The maximum absolute atomic E-state index is 12.6. The number of furan rings is 1. The van der Waals surface area contributed by atoms with Crippen molar-refractivity contribution in [1.29, 1.82) is 0 Å². The molecule has 0 N–H and O–H groups in total. The molecule has 144 valence electrons. The Morgan fingerprint density at radius 2 is 1.86 bits per heavy atom. The summed E-state index contributed by atoms with van der Waals surface area (Å²) in [6.07, 6.45) is 2.84. The SMILES string of the molecule is Cn1c(=O)c([N+](=O)[O-])c(N2CCN(C(=O)c3ccoc3)CC2)c2ccccc21. The van der Waals surface area contributed by atoms with Crippen LogP contribution in [-0.4, -0.2) is 46.5 Å². The number of aromatic nitrogens is 1. The number of hydrogen-bond acceptors (Lipinski definition) is 6. The van der Waals surface area contributed by atoms with Crippen molar-refractivity contribution in [3.63, 3.8) is 0 Å². The van der Waals surface area contributed by atoms with Crippen LogP contribution in [0.3, 0.4) is 0 Å². The second kappa shape index (κ2) is 6.84. The van der Waals surface area contributed by atoms with Crippen LogP contribution in [0.2, 0.25) is 0 Å². The lowest BCUT2D eigenvalue weighted by Crippen LogP contribution is -2.49. The molecule has 0 unspecified atom stereocenters. The quantitative estimate of drug-likeness (QED) is 0.507. The standard InChI is InChI=1S/C19H18N4O5/c1-20-15-5-3-2-4-14(15)16(17(19(20)25)23(26)27)21-7-9-22(10-8-21)18(24)13-6-11-28-12-13/h2-6,11-12H,7-10H2,1H3. The fourth-order valence-electron chi connectivity index (χ4n) is 3.65. The van der Waals surface area contributed by atoms with Crippen LogP contribution in [0, 0.1) is 10.1 Å². The van der Waals surface area contributed by atoms with Crippen molar-refractivity contribution < 1.29 is 14.1 Å². The van der Waals surface area contributed by atoms with Crippen molar-refractivity contribution in [2.75, 3.05) is 31.1 Å². The summed E-state index contributed by atoms with van der Waals surface area (Å²) >= 11 is 0. The van der Waals surface area contributed by atoms with E-state index in [9.17, 15) is 19.7 Å². The van der Waals surface area contributed by atoms with Gasteiger partial charge in [0.15, 0.2) is 0 Å². The minimum atomic E-state index is -0.643. The molecule has 1 fully saturated rings. The molecule has 3 aromatic rings. The molecule has 1 aliphatic rings. The van der Waals surface area contributed by atoms with Crippen molar-refractivity contribution in [2.24, 2.45) is 7.05 Å². The first kappa shape index (κ1) is 17.8. The van der Waals surface area contributed by atoms with Crippen molar-refractivity contribution in [3.8, 4) is 0 Å². The van der Waals surface area contributed by atoms with E-state index in [0.717, 1.165) is 0 Å². The number of nitrogens with zero attached hydrogens (tertiary/aromatic N) is 4. The molecule has 1 amide bonds. The summed E-state index contributed by atoms with van der Waals surface area (Å²) in [5.41, 5.74) is 0.342. The number of piperazine rings is 1. The van der Waals surface area contributed by atoms with Crippen LogP contribution in [0.1, 0.15) is 10.4 Å². The fraction of sp³-hybridized carbons (Fsp3) is 0.263. The highest BCUT2D eigenvalue weighted by molar-refractivity contribution is 5.97. The molecular weight excluding hydrogens is 364 g/mol.